The van der Waals surface area contributed by atoms with Crippen LogP contribution in [-0.2, 0) is 0 Å². The largest absolute Gasteiger partial charge is 0.491 e. The topological polar surface area (TPSA) is 71.7 Å². The molecule has 0 aliphatic rings. The number of amides is 1. The van der Waals surface area contributed by atoms with Crippen LogP contribution in [0.2, 0.25) is 0 Å². The van der Waals surface area contributed by atoms with Crippen molar-refractivity contribution >= 4 is 11.6 Å². The van der Waals surface area contributed by atoms with Gasteiger partial charge in [-0.15, -0.1) is 0 Å². The molecule has 1 aromatic heterocycles. The molecule has 128 valence electrons. The molecule has 3 aromatic rings. The monoisotopic (exact) mass is 341 g/mol. The first-order valence-electron chi connectivity index (χ1n) is 7.63. The van der Waals surface area contributed by atoms with Gasteiger partial charge in [-0.2, -0.15) is 0 Å². The predicted octanol–water partition coefficient (Wildman–Crippen LogP) is 3.78. The number of halogens is 1. The van der Waals surface area contributed by atoms with E-state index in [4.69, 9.17) is 9.15 Å². The fourth-order valence-corrected chi connectivity index (χ4v) is 2.19. The quantitative estimate of drug-likeness (QED) is 0.716. The molecule has 0 bridgehead atoms. The van der Waals surface area contributed by atoms with E-state index in [1.165, 1.54) is 30.5 Å². The molecule has 2 aromatic carbocycles. The normalized spacial score (nSPS) is 11.8. The van der Waals surface area contributed by atoms with Crippen LogP contribution in [-0.4, -0.2) is 17.6 Å². The standard InChI is InChI=1S/C19H16FNO4/c20-14-5-3-13(4-6-14)17(22)12-25-16-9-7-15(8-10-16)21-19(23)18-2-1-11-24-18/h1-11,17,22H,12H2,(H,21,23). The first-order chi connectivity index (χ1) is 12.1. The third kappa shape index (κ3) is 4.45. The second-order valence-corrected chi connectivity index (χ2v) is 5.33. The highest BCUT2D eigenvalue weighted by atomic mass is 19.1. The molecule has 2 N–H and O–H groups in total. The maximum atomic E-state index is 12.9. The molecule has 0 aliphatic carbocycles. The summed E-state index contributed by atoms with van der Waals surface area (Å²) in [4.78, 5) is 11.9. The highest BCUT2D eigenvalue weighted by Gasteiger charge is 2.10. The van der Waals surface area contributed by atoms with E-state index in [-0.39, 0.29) is 24.1 Å². The Hall–Kier alpha value is -3.12. The van der Waals surface area contributed by atoms with Crippen LogP contribution in [0.1, 0.15) is 22.2 Å². The first kappa shape index (κ1) is 16.7. The summed E-state index contributed by atoms with van der Waals surface area (Å²) in [5.41, 5.74) is 1.16. The smallest absolute Gasteiger partial charge is 0.291 e. The van der Waals surface area contributed by atoms with Crippen LogP contribution < -0.4 is 10.1 Å². The SMILES string of the molecule is O=C(Nc1ccc(OCC(O)c2ccc(F)cc2)cc1)c1ccco1. The third-order valence-electron chi connectivity index (χ3n) is 3.52. The Morgan fingerprint density at radius 3 is 2.48 bits per heavy atom. The van der Waals surface area contributed by atoms with Crippen molar-refractivity contribution in [1.82, 2.24) is 0 Å². The van der Waals surface area contributed by atoms with Crippen molar-refractivity contribution in [2.45, 2.75) is 6.10 Å². The van der Waals surface area contributed by atoms with Crippen LogP contribution in [0, 0.1) is 5.82 Å². The average Bonchev–Trinajstić information content (AvgIpc) is 3.16. The Bertz CT molecular complexity index is 814. The Labute approximate surface area is 143 Å². The number of rotatable bonds is 6. The third-order valence-corrected chi connectivity index (χ3v) is 3.52. The number of ether oxygens (including phenoxy) is 1. The summed E-state index contributed by atoms with van der Waals surface area (Å²) in [5, 5.41) is 12.7. The number of hydrogen-bond donors (Lipinski definition) is 2. The van der Waals surface area contributed by atoms with Gasteiger partial charge in [-0.1, -0.05) is 12.1 Å². The van der Waals surface area contributed by atoms with E-state index in [0.717, 1.165) is 0 Å². The molecule has 0 aliphatic heterocycles. The average molecular weight is 341 g/mol. The highest BCUT2D eigenvalue weighted by Crippen LogP contribution is 2.19. The van der Waals surface area contributed by atoms with E-state index in [0.29, 0.717) is 17.0 Å². The van der Waals surface area contributed by atoms with E-state index in [1.807, 2.05) is 0 Å². The van der Waals surface area contributed by atoms with Gasteiger partial charge in [0.1, 0.15) is 24.3 Å². The second kappa shape index (κ2) is 7.63. The Kier molecular flexibility index (Phi) is 5.11. The summed E-state index contributed by atoms with van der Waals surface area (Å²) in [6.45, 7) is 0.0315. The molecule has 0 radical (unpaired) electrons. The van der Waals surface area contributed by atoms with Gasteiger partial charge in [-0.05, 0) is 54.1 Å². The Morgan fingerprint density at radius 2 is 1.84 bits per heavy atom. The first-order valence-corrected chi connectivity index (χ1v) is 7.63. The van der Waals surface area contributed by atoms with Gasteiger partial charge >= 0.3 is 0 Å². The lowest BCUT2D eigenvalue weighted by Gasteiger charge is -2.13. The summed E-state index contributed by atoms with van der Waals surface area (Å²) < 4.78 is 23.4. The number of carbonyl (C=O) groups is 1. The second-order valence-electron chi connectivity index (χ2n) is 5.33. The van der Waals surface area contributed by atoms with Gasteiger partial charge in [-0.25, -0.2) is 4.39 Å². The summed E-state index contributed by atoms with van der Waals surface area (Å²) >= 11 is 0. The van der Waals surface area contributed by atoms with Crippen molar-refractivity contribution in [2.75, 3.05) is 11.9 Å². The van der Waals surface area contributed by atoms with Crippen LogP contribution in [0.4, 0.5) is 10.1 Å². The van der Waals surface area contributed by atoms with Gasteiger partial charge < -0.3 is 19.6 Å². The van der Waals surface area contributed by atoms with E-state index in [9.17, 15) is 14.3 Å². The number of nitrogens with one attached hydrogen (secondary N) is 1. The number of anilines is 1. The molecule has 1 atom stereocenters. The molecular formula is C19H16FNO4. The van der Waals surface area contributed by atoms with Crippen molar-refractivity contribution in [1.29, 1.82) is 0 Å². The molecule has 1 unspecified atom stereocenters. The van der Waals surface area contributed by atoms with Crippen molar-refractivity contribution in [3.8, 4) is 5.75 Å². The van der Waals surface area contributed by atoms with E-state index in [2.05, 4.69) is 5.32 Å². The summed E-state index contributed by atoms with van der Waals surface area (Å²) in [7, 11) is 0. The number of carbonyl (C=O) groups excluding carboxylic acids is 1. The number of aliphatic hydroxyl groups is 1. The minimum atomic E-state index is -0.862. The van der Waals surface area contributed by atoms with Crippen molar-refractivity contribution in [3.05, 3.63) is 84.1 Å². The molecule has 5 nitrogen and oxygen atoms in total. The van der Waals surface area contributed by atoms with E-state index in [1.54, 1.807) is 36.4 Å². The van der Waals surface area contributed by atoms with Gasteiger partial charge in [0.25, 0.3) is 5.91 Å². The van der Waals surface area contributed by atoms with Gasteiger partial charge in [0.15, 0.2) is 5.76 Å². The van der Waals surface area contributed by atoms with Crippen LogP contribution in [0.25, 0.3) is 0 Å². The maximum Gasteiger partial charge on any atom is 0.291 e. The van der Waals surface area contributed by atoms with Gasteiger partial charge in [-0.3, -0.25) is 4.79 Å². The Balaban J connectivity index is 1.54. The lowest BCUT2D eigenvalue weighted by atomic mass is 10.1. The zero-order valence-electron chi connectivity index (χ0n) is 13.2. The van der Waals surface area contributed by atoms with Crippen molar-refractivity contribution in [2.24, 2.45) is 0 Å². The minimum Gasteiger partial charge on any atom is -0.491 e. The molecule has 25 heavy (non-hydrogen) atoms. The van der Waals surface area contributed by atoms with Crippen molar-refractivity contribution in [3.63, 3.8) is 0 Å². The molecular weight excluding hydrogens is 325 g/mol. The van der Waals surface area contributed by atoms with Gasteiger partial charge in [0.05, 0.1) is 6.26 Å². The lowest BCUT2D eigenvalue weighted by Crippen LogP contribution is -2.11. The van der Waals surface area contributed by atoms with Crippen molar-refractivity contribution < 1.29 is 23.4 Å². The molecule has 6 heteroatoms. The molecule has 0 spiro atoms. The van der Waals surface area contributed by atoms with Crippen LogP contribution >= 0.6 is 0 Å². The minimum absolute atomic E-state index is 0.0315. The fourth-order valence-electron chi connectivity index (χ4n) is 2.19. The number of benzene rings is 2. The van der Waals surface area contributed by atoms with Crippen LogP contribution in [0.5, 0.6) is 5.75 Å². The van der Waals surface area contributed by atoms with Gasteiger partial charge in [0, 0.05) is 5.69 Å². The highest BCUT2D eigenvalue weighted by molar-refractivity contribution is 6.02. The van der Waals surface area contributed by atoms with E-state index < -0.39 is 6.10 Å². The van der Waals surface area contributed by atoms with Crippen LogP contribution in [0.15, 0.2) is 71.3 Å². The van der Waals surface area contributed by atoms with E-state index >= 15 is 0 Å². The molecule has 3 rings (SSSR count). The molecule has 1 amide bonds. The number of aliphatic hydroxyl groups excluding tert-OH is 1. The molecule has 0 fully saturated rings. The summed E-state index contributed by atoms with van der Waals surface area (Å²) in [6.07, 6.45) is 0.567. The molecule has 1 heterocycles. The number of furan rings is 1. The summed E-state index contributed by atoms with van der Waals surface area (Å²) in [6, 6.07) is 15.5. The molecule has 0 saturated heterocycles. The lowest BCUT2D eigenvalue weighted by molar-refractivity contribution is 0.0996. The maximum absolute atomic E-state index is 12.9. The summed E-state index contributed by atoms with van der Waals surface area (Å²) in [5.74, 6) is 0.0642. The van der Waals surface area contributed by atoms with Gasteiger partial charge in [0.2, 0.25) is 0 Å². The Morgan fingerprint density at radius 1 is 1.12 bits per heavy atom. The zero-order valence-corrected chi connectivity index (χ0v) is 13.2. The predicted molar refractivity (Wildman–Crippen MR) is 90.0 cm³/mol. The number of hydrogen-bond acceptors (Lipinski definition) is 4. The van der Waals surface area contributed by atoms with Crippen LogP contribution in [0.3, 0.4) is 0 Å². The zero-order chi connectivity index (χ0) is 17.6. The fraction of sp³-hybridized carbons (Fsp3) is 0.105. The molecule has 0 saturated carbocycles.